The van der Waals surface area contributed by atoms with Crippen molar-refractivity contribution in [3.05, 3.63) is 11.1 Å². The summed E-state index contributed by atoms with van der Waals surface area (Å²) < 4.78 is 3.75. The minimum atomic E-state index is -0.344. The van der Waals surface area contributed by atoms with Crippen LogP contribution < -0.4 is 0 Å². The Morgan fingerprint density at radius 2 is 2.45 bits per heavy atom. The van der Waals surface area contributed by atoms with Crippen LogP contribution in [0.25, 0.3) is 0 Å². The van der Waals surface area contributed by atoms with Gasteiger partial charge in [-0.25, -0.2) is 0 Å². The molecule has 4 heteroatoms. The average Bonchev–Trinajstić information content (AvgIpc) is 2.53. The van der Waals surface area contributed by atoms with Gasteiger partial charge in [-0.15, -0.1) is 5.10 Å². The van der Waals surface area contributed by atoms with Gasteiger partial charge in [-0.3, -0.25) is 0 Å². The molecule has 11 heavy (non-hydrogen) atoms. The van der Waals surface area contributed by atoms with Gasteiger partial charge in [0, 0.05) is 5.38 Å². The fourth-order valence-corrected chi connectivity index (χ4v) is 1.53. The van der Waals surface area contributed by atoms with Crippen molar-refractivity contribution in [1.82, 2.24) is 9.59 Å². The quantitative estimate of drug-likeness (QED) is 0.736. The van der Waals surface area contributed by atoms with E-state index >= 15 is 0 Å². The lowest BCUT2D eigenvalue weighted by molar-refractivity contribution is 0.140. The Morgan fingerprint density at radius 3 is 3.00 bits per heavy atom. The Hall–Kier alpha value is -0.480. The minimum Gasteiger partial charge on any atom is -0.390 e. The van der Waals surface area contributed by atoms with Crippen molar-refractivity contribution in [2.75, 3.05) is 0 Å². The molecule has 0 amide bonds. The highest BCUT2D eigenvalue weighted by molar-refractivity contribution is 7.03. The van der Waals surface area contributed by atoms with Gasteiger partial charge in [-0.1, -0.05) is 4.49 Å². The highest BCUT2D eigenvalue weighted by Gasteiger charge is 2.39. The van der Waals surface area contributed by atoms with Crippen LogP contribution in [0, 0.1) is 0 Å². The molecule has 1 aromatic heterocycles. The van der Waals surface area contributed by atoms with Crippen LogP contribution in [0.15, 0.2) is 5.38 Å². The van der Waals surface area contributed by atoms with E-state index in [9.17, 15) is 5.11 Å². The molecule has 0 saturated heterocycles. The molecule has 1 aliphatic carbocycles. The topological polar surface area (TPSA) is 46.0 Å². The molecular weight excluding hydrogens is 160 g/mol. The molecule has 0 atom stereocenters. The zero-order valence-corrected chi connectivity index (χ0v) is 6.97. The summed E-state index contributed by atoms with van der Waals surface area (Å²) in [5.74, 6) is 0. The summed E-state index contributed by atoms with van der Waals surface area (Å²) in [6, 6.07) is 0. The van der Waals surface area contributed by atoms with Gasteiger partial charge in [0.15, 0.2) is 0 Å². The molecule has 2 rings (SSSR count). The molecule has 3 nitrogen and oxygen atoms in total. The summed E-state index contributed by atoms with van der Waals surface area (Å²) >= 11 is 1.37. The SMILES string of the molecule is OC1(CCc2csnn2)CC1. The van der Waals surface area contributed by atoms with Gasteiger partial charge in [0.05, 0.1) is 11.3 Å². The maximum Gasteiger partial charge on any atom is 0.0756 e. The summed E-state index contributed by atoms with van der Waals surface area (Å²) in [7, 11) is 0. The fourth-order valence-electron chi connectivity index (χ4n) is 1.05. The van der Waals surface area contributed by atoms with E-state index in [0.717, 1.165) is 31.4 Å². The predicted octanol–water partition coefficient (Wildman–Crippen LogP) is 0.996. The monoisotopic (exact) mass is 170 g/mol. The average molecular weight is 170 g/mol. The predicted molar refractivity (Wildman–Crippen MR) is 42.4 cm³/mol. The van der Waals surface area contributed by atoms with Crippen molar-refractivity contribution < 1.29 is 5.11 Å². The normalized spacial score (nSPS) is 20.1. The van der Waals surface area contributed by atoms with E-state index in [-0.39, 0.29) is 5.60 Å². The lowest BCUT2D eigenvalue weighted by Gasteiger charge is -2.03. The van der Waals surface area contributed by atoms with E-state index in [0.29, 0.717) is 0 Å². The molecule has 0 unspecified atom stereocenters. The van der Waals surface area contributed by atoms with Crippen LogP contribution in [0.2, 0.25) is 0 Å². The lowest BCUT2D eigenvalue weighted by atomic mass is 10.1. The van der Waals surface area contributed by atoms with Gasteiger partial charge in [-0.05, 0) is 37.2 Å². The molecule has 1 aromatic rings. The second-order valence-corrected chi connectivity index (χ2v) is 3.73. The van der Waals surface area contributed by atoms with Crippen molar-refractivity contribution in [1.29, 1.82) is 0 Å². The molecule has 0 aromatic carbocycles. The second-order valence-electron chi connectivity index (χ2n) is 3.12. The van der Waals surface area contributed by atoms with Crippen molar-refractivity contribution in [2.45, 2.75) is 31.3 Å². The summed E-state index contributed by atoms with van der Waals surface area (Å²) in [5.41, 5.74) is 0.666. The van der Waals surface area contributed by atoms with E-state index in [1.165, 1.54) is 11.5 Å². The highest BCUT2D eigenvalue weighted by Crippen LogP contribution is 2.38. The van der Waals surface area contributed by atoms with Crippen molar-refractivity contribution in [3.8, 4) is 0 Å². The molecular formula is C7H10N2OS. The number of hydrogen-bond acceptors (Lipinski definition) is 4. The summed E-state index contributed by atoms with van der Waals surface area (Å²) in [6.45, 7) is 0. The summed E-state index contributed by atoms with van der Waals surface area (Å²) in [6.07, 6.45) is 3.64. The summed E-state index contributed by atoms with van der Waals surface area (Å²) in [4.78, 5) is 0. The molecule has 1 aliphatic rings. The van der Waals surface area contributed by atoms with Crippen LogP contribution in [0.1, 0.15) is 25.0 Å². The first kappa shape index (κ1) is 7.18. The number of hydrogen-bond donors (Lipinski definition) is 1. The van der Waals surface area contributed by atoms with Crippen LogP contribution in [-0.2, 0) is 6.42 Å². The van der Waals surface area contributed by atoms with Gasteiger partial charge in [0.2, 0.25) is 0 Å². The third-order valence-electron chi connectivity index (χ3n) is 2.08. The Bertz CT molecular complexity index is 231. The second kappa shape index (κ2) is 2.53. The van der Waals surface area contributed by atoms with E-state index in [1.54, 1.807) is 0 Å². The van der Waals surface area contributed by atoms with E-state index in [1.807, 2.05) is 5.38 Å². The first-order valence-electron chi connectivity index (χ1n) is 3.77. The Labute approximate surface area is 69.2 Å². The molecule has 0 aliphatic heterocycles. The number of aryl methyl sites for hydroxylation is 1. The van der Waals surface area contributed by atoms with Crippen molar-refractivity contribution in [3.63, 3.8) is 0 Å². The van der Waals surface area contributed by atoms with E-state index in [4.69, 9.17) is 0 Å². The largest absolute Gasteiger partial charge is 0.390 e. The molecule has 1 fully saturated rings. The first-order chi connectivity index (χ1) is 5.29. The molecule has 0 radical (unpaired) electrons. The Kier molecular flexibility index (Phi) is 1.65. The molecule has 1 N–H and O–H groups in total. The van der Waals surface area contributed by atoms with Crippen molar-refractivity contribution >= 4 is 11.5 Å². The smallest absolute Gasteiger partial charge is 0.0756 e. The van der Waals surface area contributed by atoms with Crippen molar-refractivity contribution in [2.24, 2.45) is 0 Å². The van der Waals surface area contributed by atoms with Crippen LogP contribution in [0.3, 0.4) is 0 Å². The number of aliphatic hydroxyl groups is 1. The molecule has 1 saturated carbocycles. The summed E-state index contributed by atoms with van der Waals surface area (Å²) in [5, 5.41) is 15.3. The van der Waals surface area contributed by atoms with E-state index in [2.05, 4.69) is 9.59 Å². The lowest BCUT2D eigenvalue weighted by Crippen LogP contribution is -2.07. The van der Waals surface area contributed by atoms with Gasteiger partial charge in [0.1, 0.15) is 0 Å². The van der Waals surface area contributed by atoms with Crippen LogP contribution in [-0.4, -0.2) is 20.3 Å². The van der Waals surface area contributed by atoms with Gasteiger partial charge in [-0.2, -0.15) is 0 Å². The van der Waals surface area contributed by atoms with Crippen LogP contribution in [0.5, 0.6) is 0 Å². The van der Waals surface area contributed by atoms with E-state index < -0.39 is 0 Å². The number of nitrogens with zero attached hydrogens (tertiary/aromatic N) is 2. The van der Waals surface area contributed by atoms with Crippen LogP contribution in [0.4, 0.5) is 0 Å². The van der Waals surface area contributed by atoms with Crippen LogP contribution >= 0.6 is 11.5 Å². The molecule has 60 valence electrons. The zero-order chi connectivity index (χ0) is 7.73. The fraction of sp³-hybridized carbons (Fsp3) is 0.714. The molecule has 0 bridgehead atoms. The first-order valence-corrected chi connectivity index (χ1v) is 4.60. The third kappa shape index (κ3) is 1.75. The Morgan fingerprint density at radius 1 is 1.64 bits per heavy atom. The number of rotatable bonds is 3. The van der Waals surface area contributed by atoms with Gasteiger partial charge >= 0.3 is 0 Å². The zero-order valence-electron chi connectivity index (χ0n) is 6.16. The molecule has 0 spiro atoms. The standard InChI is InChI=1S/C7H10N2OS/c10-7(3-4-7)2-1-6-5-11-9-8-6/h5,10H,1-4H2. The van der Waals surface area contributed by atoms with Gasteiger partial charge in [0.25, 0.3) is 0 Å². The Balaban J connectivity index is 1.83. The maximum atomic E-state index is 9.48. The third-order valence-corrected chi connectivity index (χ3v) is 2.63. The minimum absolute atomic E-state index is 0.344. The molecule has 1 heterocycles. The highest BCUT2D eigenvalue weighted by atomic mass is 32.1. The number of aromatic nitrogens is 2. The maximum absolute atomic E-state index is 9.48. The van der Waals surface area contributed by atoms with Gasteiger partial charge < -0.3 is 5.11 Å².